The van der Waals surface area contributed by atoms with E-state index in [0.717, 1.165) is 0 Å². The van der Waals surface area contributed by atoms with Crippen LogP contribution < -0.4 is 5.73 Å². The summed E-state index contributed by atoms with van der Waals surface area (Å²) in [5.41, 5.74) is 11.4. The molecular weight excluding hydrogens is 250 g/mol. The largest absolute Gasteiger partial charge is 0.320 e. The normalized spacial score (nSPS) is 12.8. The van der Waals surface area contributed by atoms with Gasteiger partial charge in [0, 0.05) is 4.70 Å². The predicted molar refractivity (Wildman–Crippen MR) is 83.8 cm³/mol. The van der Waals surface area contributed by atoms with Gasteiger partial charge in [-0.25, -0.2) is 0 Å². The van der Waals surface area contributed by atoms with E-state index >= 15 is 0 Å². The maximum absolute atomic E-state index is 6.47. The first-order valence-corrected chi connectivity index (χ1v) is 7.33. The molecule has 0 saturated heterocycles. The van der Waals surface area contributed by atoms with Crippen molar-refractivity contribution >= 4 is 21.4 Å². The van der Waals surface area contributed by atoms with Gasteiger partial charge in [0.1, 0.15) is 0 Å². The smallest absolute Gasteiger partial charge is 0.0566 e. The minimum atomic E-state index is -0.0465. The third-order valence-electron chi connectivity index (χ3n) is 3.45. The zero-order chi connectivity index (χ0) is 13.4. The molecule has 0 fully saturated rings. The molecule has 0 radical (unpaired) electrons. The molecule has 2 heteroatoms. The number of thiophene rings is 1. The molecule has 1 atom stereocenters. The third-order valence-corrected chi connectivity index (χ3v) is 4.43. The molecule has 1 nitrogen and oxygen atoms in total. The molecule has 3 rings (SSSR count). The van der Waals surface area contributed by atoms with E-state index in [4.69, 9.17) is 5.73 Å². The molecule has 0 saturated carbocycles. The van der Waals surface area contributed by atoms with Crippen LogP contribution in [0.4, 0.5) is 0 Å². The van der Waals surface area contributed by atoms with E-state index in [9.17, 15) is 0 Å². The van der Waals surface area contributed by atoms with Gasteiger partial charge < -0.3 is 5.73 Å². The van der Waals surface area contributed by atoms with E-state index in [0.29, 0.717) is 0 Å². The maximum Gasteiger partial charge on any atom is 0.0566 e. The summed E-state index contributed by atoms with van der Waals surface area (Å²) in [4.78, 5) is 0. The van der Waals surface area contributed by atoms with Crippen LogP contribution in [-0.2, 0) is 0 Å². The van der Waals surface area contributed by atoms with Crippen LogP contribution in [0.25, 0.3) is 10.1 Å². The van der Waals surface area contributed by atoms with Crippen molar-refractivity contribution in [2.75, 3.05) is 0 Å². The molecule has 1 unspecified atom stereocenters. The molecule has 0 bridgehead atoms. The molecule has 19 heavy (non-hydrogen) atoms. The number of fused-ring (bicyclic) bond motifs is 1. The predicted octanol–water partition coefficient (Wildman–Crippen LogP) is 4.57. The van der Waals surface area contributed by atoms with Gasteiger partial charge in [0.05, 0.1) is 6.04 Å². The van der Waals surface area contributed by atoms with E-state index in [1.165, 1.54) is 32.3 Å². The molecule has 0 spiro atoms. The fourth-order valence-electron chi connectivity index (χ4n) is 2.61. The number of hydrogen-bond acceptors (Lipinski definition) is 2. The summed E-state index contributed by atoms with van der Waals surface area (Å²) in [7, 11) is 0. The van der Waals surface area contributed by atoms with Crippen LogP contribution in [-0.4, -0.2) is 0 Å². The second-order valence-electron chi connectivity index (χ2n) is 5.09. The Hall–Kier alpha value is -1.64. The lowest BCUT2D eigenvalue weighted by Crippen LogP contribution is -2.11. The zero-order valence-electron chi connectivity index (χ0n) is 11.2. The summed E-state index contributed by atoms with van der Waals surface area (Å²) in [5, 5.41) is 3.46. The van der Waals surface area contributed by atoms with Gasteiger partial charge in [-0.2, -0.15) is 0 Å². The molecule has 0 aliphatic rings. The number of nitrogens with two attached hydrogens (primary N) is 1. The first kappa shape index (κ1) is 12.4. The highest BCUT2D eigenvalue weighted by Crippen LogP contribution is 2.32. The van der Waals surface area contributed by atoms with Crippen LogP contribution in [0.1, 0.15) is 28.3 Å². The molecule has 2 N–H and O–H groups in total. The van der Waals surface area contributed by atoms with E-state index in [2.05, 4.69) is 61.7 Å². The van der Waals surface area contributed by atoms with Crippen molar-refractivity contribution in [3.05, 3.63) is 70.1 Å². The summed E-state index contributed by atoms with van der Waals surface area (Å²) in [5.74, 6) is 0. The zero-order valence-corrected chi connectivity index (χ0v) is 12.0. The van der Waals surface area contributed by atoms with Gasteiger partial charge in [0.25, 0.3) is 0 Å². The maximum atomic E-state index is 6.47. The van der Waals surface area contributed by atoms with Crippen molar-refractivity contribution in [2.45, 2.75) is 19.9 Å². The highest BCUT2D eigenvalue weighted by Gasteiger charge is 2.14. The lowest BCUT2D eigenvalue weighted by atomic mass is 9.96. The summed E-state index contributed by atoms with van der Waals surface area (Å²) in [6, 6.07) is 15.0. The van der Waals surface area contributed by atoms with Crippen molar-refractivity contribution in [3.8, 4) is 0 Å². The van der Waals surface area contributed by atoms with E-state index < -0.39 is 0 Å². The standard InChI is InChI=1S/C17H17NS/c1-11-7-12(2)9-13(8-11)17(18)15-10-19-16-6-4-3-5-14(15)16/h3-10,17H,18H2,1-2H3. The Morgan fingerprint density at radius 2 is 1.68 bits per heavy atom. The quantitative estimate of drug-likeness (QED) is 0.723. The van der Waals surface area contributed by atoms with Gasteiger partial charge in [-0.05, 0) is 41.8 Å². The molecule has 0 amide bonds. The van der Waals surface area contributed by atoms with Crippen molar-refractivity contribution in [1.29, 1.82) is 0 Å². The highest BCUT2D eigenvalue weighted by molar-refractivity contribution is 7.17. The molecule has 0 aliphatic carbocycles. The van der Waals surface area contributed by atoms with Crippen molar-refractivity contribution in [2.24, 2.45) is 5.73 Å². The summed E-state index contributed by atoms with van der Waals surface area (Å²) >= 11 is 1.77. The van der Waals surface area contributed by atoms with Gasteiger partial charge in [-0.1, -0.05) is 47.5 Å². The average molecular weight is 267 g/mol. The molecule has 2 aromatic carbocycles. The monoisotopic (exact) mass is 267 g/mol. The van der Waals surface area contributed by atoms with Crippen LogP contribution in [0.15, 0.2) is 47.8 Å². The number of rotatable bonds is 2. The highest BCUT2D eigenvalue weighted by atomic mass is 32.1. The Morgan fingerprint density at radius 3 is 2.42 bits per heavy atom. The fourth-order valence-corrected chi connectivity index (χ4v) is 3.61. The van der Waals surface area contributed by atoms with Crippen LogP contribution in [0.5, 0.6) is 0 Å². The summed E-state index contributed by atoms with van der Waals surface area (Å²) in [6.07, 6.45) is 0. The van der Waals surface area contributed by atoms with Gasteiger partial charge in [0.15, 0.2) is 0 Å². The lowest BCUT2D eigenvalue weighted by Gasteiger charge is -2.13. The number of aryl methyl sites for hydroxylation is 2. The van der Waals surface area contributed by atoms with Gasteiger partial charge in [0.2, 0.25) is 0 Å². The molecular formula is C17H17NS. The molecule has 3 aromatic rings. The lowest BCUT2D eigenvalue weighted by molar-refractivity contribution is 0.881. The fraction of sp³-hybridized carbons (Fsp3) is 0.176. The van der Waals surface area contributed by atoms with Crippen molar-refractivity contribution in [3.63, 3.8) is 0 Å². The Morgan fingerprint density at radius 1 is 1.00 bits per heavy atom. The number of hydrogen-bond donors (Lipinski definition) is 1. The Labute approximate surface area is 117 Å². The van der Waals surface area contributed by atoms with Gasteiger partial charge >= 0.3 is 0 Å². The SMILES string of the molecule is Cc1cc(C)cc(C(N)c2csc3ccccc23)c1. The van der Waals surface area contributed by atoms with E-state index in [1.807, 2.05) is 0 Å². The van der Waals surface area contributed by atoms with E-state index in [-0.39, 0.29) is 6.04 Å². The summed E-state index contributed by atoms with van der Waals surface area (Å²) in [6.45, 7) is 4.24. The van der Waals surface area contributed by atoms with Gasteiger partial charge in [-0.3, -0.25) is 0 Å². The Kier molecular flexibility index (Phi) is 3.13. The minimum Gasteiger partial charge on any atom is -0.320 e. The molecule has 1 aromatic heterocycles. The topological polar surface area (TPSA) is 26.0 Å². The van der Waals surface area contributed by atoms with E-state index in [1.54, 1.807) is 11.3 Å². The molecule has 1 heterocycles. The van der Waals surface area contributed by atoms with Crippen LogP contribution in [0, 0.1) is 13.8 Å². The van der Waals surface area contributed by atoms with Crippen molar-refractivity contribution < 1.29 is 0 Å². The van der Waals surface area contributed by atoms with Crippen LogP contribution in [0.2, 0.25) is 0 Å². The minimum absolute atomic E-state index is 0.0465. The Bertz CT molecular complexity index is 707. The van der Waals surface area contributed by atoms with Crippen molar-refractivity contribution in [1.82, 2.24) is 0 Å². The number of benzene rings is 2. The summed E-state index contributed by atoms with van der Waals surface area (Å²) < 4.78 is 1.30. The first-order valence-electron chi connectivity index (χ1n) is 6.45. The molecule has 0 aliphatic heterocycles. The van der Waals surface area contributed by atoms with Gasteiger partial charge in [-0.15, -0.1) is 11.3 Å². The first-order chi connectivity index (χ1) is 9.15. The Balaban J connectivity index is 2.10. The second-order valence-corrected chi connectivity index (χ2v) is 6.00. The third kappa shape index (κ3) is 2.29. The molecule has 96 valence electrons. The van der Waals surface area contributed by atoms with Crippen LogP contribution >= 0.6 is 11.3 Å². The van der Waals surface area contributed by atoms with Crippen LogP contribution in [0.3, 0.4) is 0 Å². The second kappa shape index (κ2) is 4.80. The average Bonchev–Trinajstić information content (AvgIpc) is 2.80.